The van der Waals surface area contributed by atoms with Gasteiger partial charge in [-0.15, -0.1) is 0 Å². The Balaban J connectivity index is 3.08. The minimum Gasteiger partial charge on any atom is -0.398 e. The van der Waals surface area contributed by atoms with Gasteiger partial charge in [-0.05, 0) is 24.6 Å². The highest BCUT2D eigenvalue weighted by Gasteiger charge is 2.13. The van der Waals surface area contributed by atoms with Gasteiger partial charge in [0.25, 0.3) is 0 Å². The van der Waals surface area contributed by atoms with E-state index in [1.54, 1.807) is 18.2 Å². The van der Waals surface area contributed by atoms with Crippen LogP contribution in [-0.4, -0.2) is 5.78 Å². The van der Waals surface area contributed by atoms with Gasteiger partial charge in [0.15, 0.2) is 5.78 Å². The lowest BCUT2D eigenvalue weighted by atomic mass is 10.0. The Morgan fingerprint density at radius 1 is 1.54 bits per heavy atom. The molecule has 0 spiro atoms. The maximum Gasteiger partial charge on any atom is 0.151 e. The quantitative estimate of drug-likeness (QED) is 0.708. The summed E-state index contributed by atoms with van der Waals surface area (Å²) in [5.74, 6) is -0.117. The minimum absolute atomic E-state index is 0.117. The predicted octanol–water partition coefficient (Wildman–Crippen LogP) is 1.51. The molecule has 13 heavy (non-hydrogen) atoms. The van der Waals surface area contributed by atoms with E-state index in [0.717, 1.165) is 0 Å². The molecule has 0 saturated carbocycles. The number of Topliss-reactive ketones (excluding diaryl/α,β-unsaturated/α-hetero) is 1. The van der Waals surface area contributed by atoms with Crippen molar-refractivity contribution in [2.24, 2.45) is 5.73 Å². The van der Waals surface area contributed by atoms with E-state index >= 15 is 0 Å². The van der Waals surface area contributed by atoms with Crippen LogP contribution in [0, 0.1) is 0 Å². The molecule has 0 heterocycles. The van der Waals surface area contributed by atoms with Crippen LogP contribution in [0.1, 0.15) is 18.5 Å². The van der Waals surface area contributed by atoms with Gasteiger partial charge < -0.3 is 11.5 Å². The summed E-state index contributed by atoms with van der Waals surface area (Å²) >= 11 is 5.70. The largest absolute Gasteiger partial charge is 0.398 e. The van der Waals surface area contributed by atoms with Crippen molar-refractivity contribution < 1.29 is 4.79 Å². The highest BCUT2D eigenvalue weighted by molar-refractivity contribution is 6.30. The average Bonchev–Trinajstić information content (AvgIpc) is 2.03. The lowest BCUT2D eigenvalue weighted by Gasteiger charge is -2.10. The number of hydrogen-bond donors (Lipinski definition) is 2. The van der Waals surface area contributed by atoms with Gasteiger partial charge in [0.2, 0.25) is 0 Å². The second kappa shape index (κ2) is 3.77. The first-order chi connectivity index (χ1) is 6.02. The Bertz CT molecular complexity index is 338. The Labute approximate surface area is 81.7 Å². The van der Waals surface area contributed by atoms with Crippen LogP contribution in [0.25, 0.3) is 0 Å². The summed E-state index contributed by atoms with van der Waals surface area (Å²) in [7, 11) is 0. The number of carbonyl (C=O) groups is 1. The monoisotopic (exact) mass is 198 g/mol. The van der Waals surface area contributed by atoms with Gasteiger partial charge in [-0.3, -0.25) is 4.79 Å². The molecule has 4 heteroatoms. The predicted molar refractivity (Wildman–Crippen MR) is 53.5 cm³/mol. The summed E-state index contributed by atoms with van der Waals surface area (Å²) in [6.45, 7) is 1.43. The van der Waals surface area contributed by atoms with E-state index in [4.69, 9.17) is 23.1 Å². The second-order valence-corrected chi connectivity index (χ2v) is 3.30. The summed E-state index contributed by atoms with van der Waals surface area (Å²) in [5, 5.41) is 0.539. The molecule has 1 unspecified atom stereocenters. The number of nitrogens with two attached hydrogens (primary N) is 2. The lowest BCUT2D eigenvalue weighted by Crippen LogP contribution is -2.19. The number of hydrogen-bond acceptors (Lipinski definition) is 3. The lowest BCUT2D eigenvalue weighted by molar-refractivity contribution is -0.118. The van der Waals surface area contributed by atoms with E-state index in [1.165, 1.54) is 6.92 Å². The van der Waals surface area contributed by atoms with Gasteiger partial charge in [-0.1, -0.05) is 17.7 Å². The van der Waals surface area contributed by atoms with Gasteiger partial charge in [-0.25, -0.2) is 0 Å². The third kappa shape index (κ3) is 2.20. The zero-order valence-corrected chi connectivity index (χ0v) is 8.01. The molecule has 0 radical (unpaired) electrons. The first kappa shape index (κ1) is 10.0. The van der Waals surface area contributed by atoms with Crippen molar-refractivity contribution in [2.45, 2.75) is 13.0 Å². The summed E-state index contributed by atoms with van der Waals surface area (Å²) in [5.41, 5.74) is 12.3. The highest BCUT2D eigenvalue weighted by Crippen LogP contribution is 2.22. The van der Waals surface area contributed by atoms with Gasteiger partial charge >= 0.3 is 0 Å². The fraction of sp³-hybridized carbons (Fsp3) is 0.222. The number of halogens is 1. The molecule has 1 atom stereocenters. The van der Waals surface area contributed by atoms with Gasteiger partial charge in [0.1, 0.15) is 0 Å². The molecule has 0 fully saturated rings. The highest BCUT2D eigenvalue weighted by atomic mass is 35.5. The first-order valence-corrected chi connectivity index (χ1v) is 4.21. The molecule has 4 N–H and O–H groups in total. The Morgan fingerprint density at radius 3 is 2.62 bits per heavy atom. The van der Waals surface area contributed by atoms with Crippen LogP contribution in [0.15, 0.2) is 18.2 Å². The molecule has 0 aliphatic heterocycles. The smallest absolute Gasteiger partial charge is 0.151 e. The van der Waals surface area contributed by atoms with Crippen molar-refractivity contribution in [2.75, 3.05) is 5.73 Å². The van der Waals surface area contributed by atoms with Crippen molar-refractivity contribution in [1.82, 2.24) is 0 Å². The van der Waals surface area contributed by atoms with Crippen LogP contribution in [0.3, 0.4) is 0 Å². The molecule has 0 amide bonds. The maximum atomic E-state index is 11.0. The third-order valence-electron chi connectivity index (χ3n) is 1.82. The zero-order chi connectivity index (χ0) is 10.0. The standard InChI is InChI=1S/C9H11ClN2O/c1-5(13)9(12)7-3-2-6(10)4-8(7)11/h2-4,9H,11-12H2,1H3. The van der Waals surface area contributed by atoms with Crippen molar-refractivity contribution >= 4 is 23.1 Å². The van der Waals surface area contributed by atoms with Crippen LogP contribution in [0.4, 0.5) is 5.69 Å². The zero-order valence-electron chi connectivity index (χ0n) is 7.25. The first-order valence-electron chi connectivity index (χ1n) is 3.83. The van der Waals surface area contributed by atoms with E-state index in [1.807, 2.05) is 0 Å². The number of rotatable bonds is 2. The summed E-state index contributed by atoms with van der Waals surface area (Å²) in [6.07, 6.45) is 0. The molecular weight excluding hydrogens is 188 g/mol. The molecule has 0 aliphatic carbocycles. The van der Waals surface area contributed by atoms with Crippen molar-refractivity contribution in [1.29, 1.82) is 0 Å². The second-order valence-electron chi connectivity index (χ2n) is 2.86. The maximum absolute atomic E-state index is 11.0. The molecule has 1 rings (SSSR count). The van der Waals surface area contributed by atoms with Crippen LogP contribution < -0.4 is 11.5 Å². The fourth-order valence-corrected chi connectivity index (χ4v) is 1.23. The average molecular weight is 199 g/mol. The minimum atomic E-state index is -0.655. The van der Waals surface area contributed by atoms with Crippen LogP contribution in [-0.2, 0) is 4.79 Å². The summed E-state index contributed by atoms with van der Waals surface area (Å²) in [4.78, 5) is 11.0. The molecular formula is C9H11ClN2O. The van der Waals surface area contributed by atoms with E-state index in [0.29, 0.717) is 16.3 Å². The van der Waals surface area contributed by atoms with Gasteiger partial charge in [0, 0.05) is 10.7 Å². The topological polar surface area (TPSA) is 69.1 Å². The molecule has 0 saturated heterocycles. The number of ketones is 1. The van der Waals surface area contributed by atoms with E-state index in [-0.39, 0.29) is 5.78 Å². The third-order valence-corrected chi connectivity index (χ3v) is 2.06. The Morgan fingerprint density at radius 2 is 2.15 bits per heavy atom. The molecule has 1 aromatic rings. The number of carbonyl (C=O) groups excluding carboxylic acids is 1. The molecule has 70 valence electrons. The molecule has 1 aromatic carbocycles. The summed E-state index contributed by atoms with van der Waals surface area (Å²) in [6, 6.07) is 4.26. The van der Waals surface area contributed by atoms with E-state index in [9.17, 15) is 4.79 Å². The number of benzene rings is 1. The fourth-order valence-electron chi connectivity index (χ4n) is 1.05. The number of nitrogen functional groups attached to an aromatic ring is 1. The van der Waals surface area contributed by atoms with Crippen LogP contribution in [0.2, 0.25) is 5.02 Å². The summed E-state index contributed by atoms with van der Waals surface area (Å²) < 4.78 is 0. The number of anilines is 1. The van der Waals surface area contributed by atoms with E-state index < -0.39 is 6.04 Å². The van der Waals surface area contributed by atoms with Crippen molar-refractivity contribution in [3.05, 3.63) is 28.8 Å². The van der Waals surface area contributed by atoms with Crippen molar-refractivity contribution in [3.8, 4) is 0 Å². The Hall–Kier alpha value is -1.06. The molecule has 0 aliphatic rings. The van der Waals surface area contributed by atoms with Crippen LogP contribution >= 0.6 is 11.6 Å². The van der Waals surface area contributed by atoms with Crippen LogP contribution in [0.5, 0.6) is 0 Å². The molecule has 0 aromatic heterocycles. The Kier molecular flexibility index (Phi) is 2.90. The van der Waals surface area contributed by atoms with Crippen molar-refractivity contribution in [3.63, 3.8) is 0 Å². The normalized spacial score (nSPS) is 12.5. The van der Waals surface area contributed by atoms with E-state index in [2.05, 4.69) is 0 Å². The van der Waals surface area contributed by atoms with Gasteiger partial charge in [0.05, 0.1) is 6.04 Å². The SMILES string of the molecule is CC(=O)C(N)c1ccc(Cl)cc1N. The molecule has 3 nitrogen and oxygen atoms in total. The van der Waals surface area contributed by atoms with Gasteiger partial charge in [-0.2, -0.15) is 0 Å². The molecule has 0 bridgehead atoms.